The van der Waals surface area contributed by atoms with Gasteiger partial charge in [0.05, 0.1) is 11.4 Å². The van der Waals surface area contributed by atoms with Crippen molar-refractivity contribution >= 4 is 21.6 Å². The normalized spacial score (nSPS) is 30.3. The highest BCUT2D eigenvalue weighted by molar-refractivity contribution is 7.89. The molecule has 2 atom stereocenters. The first-order valence-electron chi connectivity index (χ1n) is 9.92. The Morgan fingerprint density at radius 3 is 2.44 bits per heavy atom. The van der Waals surface area contributed by atoms with Crippen LogP contribution in [0, 0.1) is 24.7 Å². The van der Waals surface area contributed by atoms with Crippen molar-refractivity contribution in [3.63, 3.8) is 0 Å². The summed E-state index contributed by atoms with van der Waals surface area (Å²) in [4.78, 5) is 15.2. The summed E-state index contributed by atoms with van der Waals surface area (Å²) < 4.78 is 26.6. The molecule has 2 unspecified atom stereocenters. The van der Waals surface area contributed by atoms with Crippen LogP contribution in [0.5, 0.6) is 0 Å². The van der Waals surface area contributed by atoms with Crippen LogP contribution in [-0.4, -0.2) is 45.4 Å². The monoisotopic (exact) mass is 391 g/mol. The van der Waals surface area contributed by atoms with E-state index in [2.05, 4.69) is 14.9 Å². The molecule has 0 aromatic heterocycles. The van der Waals surface area contributed by atoms with Crippen molar-refractivity contribution < 1.29 is 13.2 Å². The third-order valence-electron chi connectivity index (χ3n) is 6.60. The maximum atomic E-state index is 12.7. The Morgan fingerprint density at radius 2 is 1.78 bits per heavy atom. The number of sulfonamides is 1. The van der Waals surface area contributed by atoms with Crippen LogP contribution in [0.25, 0.3) is 0 Å². The van der Waals surface area contributed by atoms with Crippen LogP contribution in [0.15, 0.2) is 23.1 Å². The number of anilines is 1. The Morgan fingerprint density at radius 1 is 1.11 bits per heavy atom. The molecule has 4 aliphatic rings. The van der Waals surface area contributed by atoms with Gasteiger partial charge < -0.3 is 5.32 Å². The fraction of sp³-hybridized carbons (Fsp3) is 0.650. The molecule has 0 spiro atoms. The van der Waals surface area contributed by atoms with E-state index in [-0.39, 0.29) is 10.8 Å². The van der Waals surface area contributed by atoms with Gasteiger partial charge in [-0.1, -0.05) is 6.07 Å². The Bertz CT molecular complexity index is 825. The highest BCUT2D eigenvalue weighted by Crippen LogP contribution is 2.47. The lowest BCUT2D eigenvalue weighted by Gasteiger charge is -2.39. The third kappa shape index (κ3) is 3.91. The number of aryl methyl sites for hydroxylation is 1. The topological polar surface area (TPSA) is 78.5 Å². The lowest BCUT2D eigenvalue weighted by Crippen LogP contribution is -2.42. The van der Waals surface area contributed by atoms with Crippen LogP contribution in [0.3, 0.4) is 0 Å². The quantitative estimate of drug-likeness (QED) is 0.808. The first-order valence-corrected chi connectivity index (χ1v) is 11.4. The second-order valence-corrected chi connectivity index (χ2v) is 10.5. The van der Waals surface area contributed by atoms with E-state index in [0.29, 0.717) is 23.8 Å². The molecule has 0 radical (unpaired) electrons. The smallest absolute Gasteiger partial charge is 0.240 e. The van der Waals surface area contributed by atoms with Crippen LogP contribution in [0.1, 0.15) is 37.7 Å². The Labute approximate surface area is 161 Å². The lowest BCUT2D eigenvalue weighted by atomic mass is 9.68. The summed E-state index contributed by atoms with van der Waals surface area (Å²) in [6, 6.07) is 5.56. The van der Waals surface area contributed by atoms with Gasteiger partial charge in [-0.15, -0.1) is 0 Å². The SMILES string of the molecule is CNS(=O)(=O)c1cc(NC(=O)CN2CC3CC4CC(C3)CC2C4)ccc1C. The van der Waals surface area contributed by atoms with Gasteiger partial charge in [-0.25, -0.2) is 13.1 Å². The molecule has 1 aromatic carbocycles. The Balaban J connectivity index is 1.45. The number of amides is 1. The molecule has 2 N–H and O–H groups in total. The number of hydrogen-bond acceptors (Lipinski definition) is 4. The molecule has 2 heterocycles. The molecule has 7 heteroatoms. The predicted octanol–water partition coefficient (Wildman–Crippen LogP) is 2.35. The maximum absolute atomic E-state index is 12.7. The number of fused-ring (bicyclic) bond motifs is 1. The predicted molar refractivity (Wildman–Crippen MR) is 105 cm³/mol. The minimum atomic E-state index is -3.54. The van der Waals surface area contributed by atoms with Gasteiger partial charge in [-0.3, -0.25) is 9.69 Å². The molecule has 4 bridgehead atoms. The molecular formula is C20H29N3O3S. The lowest BCUT2D eigenvalue weighted by molar-refractivity contribution is -0.118. The van der Waals surface area contributed by atoms with E-state index in [1.54, 1.807) is 19.1 Å². The van der Waals surface area contributed by atoms with Crippen LogP contribution in [0.2, 0.25) is 0 Å². The number of nitrogens with zero attached hydrogens (tertiary/aromatic N) is 1. The summed E-state index contributed by atoms with van der Waals surface area (Å²) in [5.74, 6) is 2.38. The molecular weight excluding hydrogens is 362 g/mol. The standard InChI is InChI=1S/C20H29N3O3S/c1-13-3-4-17(10-19(13)27(25,26)21-2)22-20(24)12-23-11-16-6-14-5-15(7-16)9-18(23)8-14/h3-4,10,14-16,18,21H,5-9,11-12H2,1-2H3,(H,22,24). The molecule has 2 aliphatic heterocycles. The average Bonchev–Trinajstić information content (AvgIpc) is 2.79. The summed E-state index contributed by atoms with van der Waals surface area (Å²) >= 11 is 0. The fourth-order valence-corrected chi connectivity index (χ4v) is 6.53. The van der Waals surface area contributed by atoms with Gasteiger partial charge in [0, 0.05) is 18.3 Å². The number of rotatable bonds is 5. The van der Waals surface area contributed by atoms with Crippen LogP contribution < -0.4 is 10.0 Å². The van der Waals surface area contributed by atoms with E-state index in [0.717, 1.165) is 24.3 Å². The second-order valence-electron chi connectivity index (χ2n) is 8.60. The zero-order chi connectivity index (χ0) is 19.2. The first-order chi connectivity index (χ1) is 12.8. The largest absolute Gasteiger partial charge is 0.325 e. The highest BCUT2D eigenvalue weighted by Gasteiger charge is 2.42. The molecule has 5 rings (SSSR count). The molecule has 6 nitrogen and oxygen atoms in total. The highest BCUT2D eigenvalue weighted by atomic mass is 32.2. The molecule has 1 amide bonds. The summed E-state index contributed by atoms with van der Waals surface area (Å²) in [7, 11) is -2.15. The van der Waals surface area contributed by atoms with Gasteiger partial charge in [0.2, 0.25) is 15.9 Å². The summed E-state index contributed by atoms with van der Waals surface area (Å²) in [5, 5.41) is 2.90. The minimum absolute atomic E-state index is 0.0621. The summed E-state index contributed by atoms with van der Waals surface area (Å²) in [6.07, 6.45) is 6.51. The third-order valence-corrected chi connectivity index (χ3v) is 8.15. The number of hydrogen-bond donors (Lipinski definition) is 2. The summed E-state index contributed by atoms with van der Waals surface area (Å²) in [5.41, 5.74) is 1.18. The van der Waals surface area contributed by atoms with E-state index in [4.69, 9.17) is 0 Å². The zero-order valence-electron chi connectivity index (χ0n) is 16.1. The van der Waals surface area contributed by atoms with Crippen molar-refractivity contribution in [3.05, 3.63) is 23.8 Å². The van der Waals surface area contributed by atoms with E-state index < -0.39 is 10.0 Å². The van der Waals surface area contributed by atoms with Gasteiger partial charge in [0.1, 0.15) is 0 Å². The van der Waals surface area contributed by atoms with Crippen molar-refractivity contribution in [1.82, 2.24) is 9.62 Å². The number of nitrogens with one attached hydrogen (secondary N) is 2. The molecule has 2 saturated heterocycles. The minimum Gasteiger partial charge on any atom is -0.325 e. The van der Waals surface area contributed by atoms with Crippen LogP contribution in [-0.2, 0) is 14.8 Å². The van der Waals surface area contributed by atoms with Gasteiger partial charge in [-0.05, 0) is 81.5 Å². The second kappa shape index (κ2) is 7.18. The van der Waals surface area contributed by atoms with Crippen molar-refractivity contribution in [2.75, 3.05) is 25.5 Å². The van der Waals surface area contributed by atoms with Crippen molar-refractivity contribution in [2.24, 2.45) is 17.8 Å². The van der Waals surface area contributed by atoms with Crippen molar-refractivity contribution in [2.45, 2.75) is 50.0 Å². The van der Waals surface area contributed by atoms with E-state index in [1.165, 1.54) is 45.2 Å². The molecule has 4 fully saturated rings. The Kier molecular flexibility index (Phi) is 5.03. The van der Waals surface area contributed by atoms with E-state index in [1.807, 2.05) is 0 Å². The average molecular weight is 392 g/mol. The van der Waals surface area contributed by atoms with Crippen LogP contribution >= 0.6 is 0 Å². The maximum Gasteiger partial charge on any atom is 0.240 e. The number of carbonyl (C=O) groups is 1. The fourth-order valence-electron chi connectivity index (χ4n) is 5.54. The zero-order valence-corrected chi connectivity index (χ0v) is 16.9. The molecule has 148 valence electrons. The number of carbonyl (C=O) groups excluding carboxylic acids is 1. The van der Waals surface area contributed by atoms with Crippen molar-refractivity contribution in [3.8, 4) is 0 Å². The van der Waals surface area contributed by atoms with E-state index >= 15 is 0 Å². The first kappa shape index (κ1) is 18.9. The van der Waals surface area contributed by atoms with E-state index in [9.17, 15) is 13.2 Å². The number of benzene rings is 1. The Hall–Kier alpha value is -1.44. The van der Waals surface area contributed by atoms with Crippen molar-refractivity contribution in [1.29, 1.82) is 0 Å². The van der Waals surface area contributed by atoms with Gasteiger partial charge in [0.25, 0.3) is 0 Å². The molecule has 2 aliphatic carbocycles. The summed E-state index contributed by atoms with van der Waals surface area (Å²) in [6.45, 7) is 3.17. The van der Waals surface area contributed by atoms with Gasteiger partial charge in [-0.2, -0.15) is 0 Å². The molecule has 2 saturated carbocycles. The van der Waals surface area contributed by atoms with Crippen LogP contribution in [0.4, 0.5) is 5.69 Å². The van der Waals surface area contributed by atoms with Gasteiger partial charge >= 0.3 is 0 Å². The molecule has 1 aromatic rings. The van der Waals surface area contributed by atoms with Gasteiger partial charge in [0.15, 0.2) is 0 Å². The molecule has 27 heavy (non-hydrogen) atoms.